The van der Waals surface area contributed by atoms with Crippen LogP contribution in [0.5, 0.6) is 0 Å². The summed E-state index contributed by atoms with van der Waals surface area (Å²) in [5.41, 5.74) is 6.77. The van der Waals surface area contributed by atoms with Gasteiger partial charge in [-0.1, -0.05) is 6.07 Å². The molecule has 2 nitrogen and oxygen atoms in total. The third kappa shape index (κ3) is 1.95. The molecule has 0 aromatic heterocycles. The SMILES string of the molecule is Cc1c(F)cccc1NCCN. The van der Waals surface area contributed by atoms with E-state index in [1.165, 1.54) is 6.07 Å². The van der Waals surface area contributed by atoms with Gasteiger partial charge < -0.3 is 11.1 Å². The predicted molar refractivity (Wildman–Crippen MR) is 48.7 cm³/mol. The van der Waals surface area contributed by atoms with E-state index in [0.29, 0.717) is 18.7 Å². The van der Waals surface area contributed by atoms with Gasteiger partial charge in [0.25, 0.3) is 0 Å². The monoisotopic (exact) mass is 168 g/mol. The molecular formula is C9H13FN2. The van der Waals surface area contributed by atoms with E-state index in [-0.39, 0.29) is 5.82 Å². The van der Waals surface area contributed by atoms with Crippen LogP contribution in [0.2, 0.25) is 0 Å². The van der Waals surface area contributed by atoms with Crippen LogP contribution in [0.15, 0.2) is 18.2 Å². The van der Waals surface area contributed by atoms with Crippen molar-refractivity contribution < 1.29 is 4.39 Å². The predicted octanol–water partition coefficient (Wildman–Crippen LogP) is 1.50. The molecule has 0 aliphatic heterocycles. The highest BCUT2D eigenvalue weighted by molar-refractivity contribution is 5.50. The number of halogens is 1. The Morgan fingerprint density at radius 3 is 2.92 bits per heavy atom. The zero-order chi connectivity index (χ0) is 8.97. The topological polar surface area (TPSA) is 38.0 Å². The minimum Gasteiger partial charge on any atom is -0.383 e. The Balaban J connectivity index is 2.78. The number of benzene rings is 1. The van der Waals surface area contributed by atoms with Gasteiger partial charge >= 0.3 is 0 Å². The van der Waals surface area contributed by atoms with Crippen LogP contribution in [0.1, 0.15) is 5.56 Å². The van der Waals surface area contributed by atoms with Crippen molar-refractivity contribution in [2.24, 2.45) is 5.73 Å². The van der Waals surface area contributed by atoms with Gasteiger partial charge in [0.1, 0.15) is 5.82 Å². The average Bonchev–Trinajstić information content (AvgIpc) is 2.08. The molecule has 1 rings (SSSR count). The van der Waals surface area contributed by atoms with Gasteiger partial charge in [-0.3, -0.25) is 0 Å². The molecule has 12 heavy (non-hydrogen) atoms. The summed E-state index contributed by atoms with van der Waals surface area (Å²) in [6, 6.07) is 4.97. The number of hydrogen-bond donors (Lipinski definition) is 2. The van der Waals surface area contributed by atoms with Crippen LogP contribution in [-0.4, -0.2) is 13.1 Å². The second-order valence-electron chi connectivity index (χ2n) is 2.63. The van der Waals surface area contributed by atoms with Crippen LogP contribution >= 0.6 is 0 Å². The lowest BCUT2D eigenvalue weighted by molar-refractivity contribution is 0.619. The van der Waals surface area contributed by atoms with E-state index < -0.39 is 0 Å². The molecule has 0 radical (unpaired) electrons. The molecule has 0 unspecified atom stereocenters. The van der Waals surface area contributed by atoms with Gasteiger partial charge in [0, 0.05) is 24.3 Å². The Morgan fingerprint density at radius 2 is 2.25 bits per heavy atom. The van der Waals surface area contributed by atoms with Gasteiger partial charge in [-0.2, -0.15) is 0 Å². The molecule has 0 atom stereocenters. The summed E-state index contributed by atoms with van der Waals surface area (Å²) in [6.45, 7) is 2.97. The molecule has 66 valence electrons. The Hall–Kier alpha value is -1.09. The van der Waals surface area contributed by atoms with Gasteiger partial charge in [-0.05, 0) is 19.1 Å². The number of rotatable bonds is 3. The van der Waals surface area contributed by atoms with E-state index in [4.69, 9.17) is 5.73 Å². The fraction of sp³-hybridized carbons (Fsp3) is 0.333. The molecule has 0 saturated heterocycles. The lowest BCUT2D eigenvalue weighted by atomic mass is 10.2. The normalized spacial score (nSPS) is 9.92. The highest BCUT2D eigenvalue weighted by Crippen LogP contribution is 2.16. The first-order chi connectivity index (χ1) is 5.75. The molecule has 0 heterocycles. The van der Waals surface area contributed by atoms with Gasteiger partial charge in [-0.15, -0.1) is 0 Å². The zero-order valence-electron chi connectivity index (χ0n) is 7.10. The Labute approximate surface area is 71.6 Å². The maximum atomic E-state index is 12.9. The average molecular weight is 168 g/mol. The summed E-state index contributed by atoms with van der Waals surface area (Å²) in [4.78, 5) is 0. The molecule has 0 bridgehead atoms. The van der Waals surface area contributed by atoms with Crippen molar-refractivity contribution in [2.75, 3.05) is 18.4 Å². The van der Waals surface area contributed by atoms with Crippen molar-refractivity contribution >= 4 is 5.69 Å². The third-order valence-electron chi connectivity index (χ3n) is 1.73. The van der Waals surface area contributed by atoms with Crippen molar-refractivity contribution in [2.45, 2.75) is 6.92 Å². The first-order valence-corrected chi connectivity index (χ1v) is 3.94. The molecule has 1 aromatic rings. The second-order valence-corrected chi connectivity index (χ2v) is 2.63. The molecule has 3 N–H and O–H groups in total. The zero-order valence-corrected chi connectivity index (χ0v) is 7.10. The standard InChI is InChI=1S/C9H13FN2/c1-7-8(10)3-2-4-9(7)12-6-5-11/h2-4,12H,5-6,11H2,1H3. The van der Waals surface area contributed by atoms with Gasteiger partial charge in [0.05, 0.1) is 0 Å². The molecule has 0 amide bonds. The number of nitrogens with one attached hydrogen (secondary N) is 1. The fourth-order valence-corrected chi connectivity index (χ4v) is 1.01. The summed E-state index contributed by atoms with van der Waals surface area (Å²) in [6.07, 6.45) is 0. The van der Waals surface area contributed by atoms with E-state index in [0.717, 1.165) is 5.69 Å². The van der Waals surface area contributed by atoms with Crippen molar-refractivity contribution in [3.8, 4) is 0 Å². The molecule has 3 heteroatoms. The van der Waals surface area contributed by atoms with Crippen molar-refractivity contribution in [1.82, 2.24) is 0 Å². The maximum absolute atomic E-state index is 12.9. The minimum atomic E-state index is -0.183. The Kier molecular flexibility index (Phi) is 3.05. The smallest absolute Gasteiger partial charge is 0.128 e. The third-order valence-corrected chi connectivity index (χ3v) is 1.73. The summed E-state index contributed by atoms with van der Waals surface area (Å²) >= 11 is 0. The van der Waals surface area contributed by atoms with Gasteiger partial charge in [-0.25, -0.2) is 4.39 Å². The van der Waals surface area contributed by atoms with E-state index in [1.807, 2.05) is 6.07 Å². The summed E-state index contributed by atoms with van der Waals surface area (Å²) < 4.78 is 12.9. The lowest BCUT2D eigenvalue weighted by Crippen LogP contribution is -2.13. The quantitative estimate of drug-likeness (QED) is 0.717. The molecular weight excluding hydrogens is 155 g/mol. The number of anilines is 1. The van der Waals surface area contributed by atoms with Crippen LogP contribution in [0, 0.1) is 12.7 Å². The largest absolute Gasteiger partial charge is 0.383 e. The van der Waals surface area contributed by atoms with Crippen molar-refractivity contribution in [3.63, 3.8) is 0 Å². The van der Waals surface area contributed by atoms with Gasteiger partial charge in [0.2, 0.25) is 0 Å². The van der Waals surface area contributed by atoms with E-state index in [9.17, 15) is 4.39 Å². The number of hydrogen-bond acceptors (Lipinski definition) is 2. The number of nitrogens with two attached hydrogens (primary N) is 1. The highest BCUT2D eigenvalue weighted by Gasteiger charge is 2.00. The van der Waals surface area contributed by atoms with Crippen molar-refractivity contribution in [3.05, 3.63) is 29.6 Å². The van der Waals surface area contributed by atoms with Crippen molar-refractivity contribution in [1.29, 1.82) is 0 Å². The van der Waals surface area contributed by atoms with Crippen LogP contribution in [0.25, 0.3) is 0 Å². The van der Waals surface area contributed by atoms with Crippen LogP contribution < -0.4 is 11.1 Å². The fourth-order valence-electron chi connectivity index (χ4n) is 1.01. The molecule has 0 spiro atoms. The van der Waals surface area contributed by atoms with E-state index in [2.05, 4.69) is 5.32 Å². The Bertz CT molecular complexity index is 261. The first-order valence-electron chi connectivity index (χ1n) is 3.94. The molecule has 1 aromatic carbocycles. The minimum absolute atomic E-state index is 0.183. The van der Waals surface area contributed by atoms with Gasteiger partial charge in [0.15, 0.2) is 0 Å². The second kappa shape index (κ2) is 4.07. The molecule has 0 aliphatic rings. The van der Waals surface area contributed by atoms with E-state index in [1.54, 1.807) is 13.0 Å². The van der Waals surface area contributed by atoms with Crippen LogP contribution in [0.4, 0.5) is 10.1 Å². The summed E-state index contributed by atoms with van der Waals surface area (Å²) in [7, 11) is 0. The maximum Gasteiger partial charge on any atom is 0.128 e. The first kappa shape index (κ1) is 9.00. The molecule has 0 fully saturated rings. The lowest BCUT2D eigenvalue weighted by Gasteiger charge is -2.07. The Morgan fingerprint density at radius 1 is 1.50 bits per heavy atom. The van der Waals surface area contributed by atoms with Crippen LogP contribution in [0.3, 0.4) is 0 Å². The van der Waals surface area contributed by atoms with Crippen LogP contribution in [-0.2, 0) is 0 Å². The van der Waals surface area contributed by atoms with E-state index >= 15 is 0 Å². The summed E-state index contributed by atoms with van der Waals surface area (Å²) in [5, 5.41) is 3.04. The molecule has 0 saturated carbocycles. The summed E-state index contributed by atoms with van der Waals surface area (Å²) in [5.74, 6) is -0.183. The highest BCUT2D eigenvalue weighted by atomic mass is 19.1. The molecule has 0 aliphatic carbocycles.